The van der Waals surface area contributed by atoms with E-state index in [1.54, 1.807) is 7.11 Å². The number of para-hydroxylation sites is 1. The topological polar surface area (TPSA) is 9.23 Å². The van der Waals surface area contributed by atoms with Gasteiger partial charge in [0.25, 0.3) is 0 Å². The van der Waals surface area contributed by atoms with Gasteiger partial charge < -0.3 is 4.74 Å². The van der Waals surface area contributed by atoms with Gasteiger partial charge in [-0.15, -0.1) is 7.92 Å². The van der Waals surface area contributed by atoms with Crippen LogP contribution < -0.4 is 15.3 Å². The van der Waals surface area contributed by atoms with Gasteiger partial charge in [-0.1, -0.05) is 56.0 Å². The van der Waals surface area contributed by atoms with Crippen molar-refractivity contribution in [1.29, 1.82) is 0 Å². The van der Waals surface area contributed by atoms with E-state index in [1.807, 2.05) is 12.1 Å². The molecule has 0 aliphatic rings. The fourth-order valence-corrected chi connectivity index (χ4v) is 3.40. The van der Waals surface area contributed by atoms with Crippen molar-refractivity contribution in [2.24, 2.45) is 0 Å². The summed E-state index contributed by atoms with van der Waals surface area (Å²) in [5.74, 6) is 0.986. The quantitative estimate of drug-likeness (QED) is 0.741. The molecule has 0 saturated heterocycles. The molecule has 116 valence electrons. The van der Waals surface area contributed by atoms with E-state index in [0.717, 1.165) is 5.75 Å². The lowest BCUT2D eigenvalue weighted by molar-refractivity contribution is 0.418. The maximum atomic E-state index is 5.40. The molecule has 21 heavy (non-hydrogen) atoms. The van der Waals surface area contributed by atoms with Crippen LogP contribution in [-0.4, -0.2) is 33.8 Å². The fraction of sp³-hybridized carbons (Fsp3) is 0.333. The van der Waals surface area contributed by atoms with Gasteiger partial charge in [0.15, 0.2) is 0 Å². The molecule has 0 amide bonds. The van der Waals surface area contributed by atoms with Crippen LogP contribution in [0.25, 0.3) is 0 Å². The second-order valence-electron chi connectivity index (χ2n) is 4.91. The Kier molecular flexibility index (Phi) is 10.3. The molecule has 1 unspecified atom stereocenters. The van der Waals surface area contributed by atoms with Crippen LogP contribution in [0, 0.1) is 0 Å². The van der Waals surface area contributed by atoms with Crippen molar-refractivity contribution in [1.82, 2.24) is 0 Å². The van der Waals surface area contributed by atoms with Crippen molar-refractivity contribution in [2.75, 3.05) is 33.8 Å². The van der Waals surface area contributed by atoms with Crippen LogP contribution in [0.15, 0.2) is 54.6 Å². The van der Waals surface area contributed by atoms with E-state index >= 15 is 0 Å². The Hall–Kier alpha value is -0.900. The van der Waals surface area contributed by atoms with E-state index in [0.29, 0.717) is 7.92 Å². The van der Waals surface area contributed by atoms with E-state index in [-0.39, 0.29) is 15.3 Å². The van der Waals surface area contributed by atoms with Gasteiger partial charge in [0.2, 0.25) is 0 Å². The van der Waals surface area contributed by atoms with Crippen LogP contribution in [0.4, 0.5) is 0 Å². The first kappa shape index (κ1) is 20.1. The minimum Gasteiger partial charge on any atom is -0.496 e. The minimum absolute atomic E-state index is 0. The first-order valence-corrected chi connectivity index (χ1v) is 11.1. The zero-order valence-corrected chi connectivity index (χ0v) is 14.8. The number of methoxy groups -OCH3 is 1. The molecule has 1 atom stereocenters. The molecule has 0 aromatic heterocycles. The summed E-state index contributed by atoms with van der Waals surface area (Å²) in [6.07, 6.45) is 0. The third kappa shape index (κ3) is 7.07. The van der Waals surface area contributed by atoms with Gasteiger partial charge in [-0.2, -0.15) is 0 Å². The summed E-state index contributed by atoms with van der Waals surface area (Å²) in [4.78, 5) is 0. The van der Waals surface area contributed by atoms with Crippen molar-refractivity contribution in [3.63, 3.8) is 0 Å². The number of benzene rings is 2. The molecule has 0 fully saturated rings. The molecule has 0 bridgehead atoms. The maximum absolute atomic E-state index is 5.40. The smallest absolute Gasteiger partial charge is 0.126 e. The van der Waals surface area contributed by atoms with Gasteiger partial charge in [-0.3, -0.25) is 0 Å². The molecule has 0 heterocycles. The number of rotatable bonds is 3. The Bertz CT molecular complexity index is 495. The first-order chi connectivity index (χ1) is 9.56. The van der Waals surface area contributed by atoms with Crippen molar-refractivity contribution < 1.29 is 4.74 Å². The molecule has 0 saturated carbocycles. The monoisotopic (exact) mass is 322 g/mol. The first-order valence-electron chi connectivity index (χ1n) is 6.59. The summed E-state index contributed by atoms with van der Waals surface area (Å²) in [6.45, 7) is 8.96. The summed E-state index contributed by atoms with van der Waals surface area (Å²) in [6, 6.07) is 18.8. The Morgan fingerprint density at radius 1 is 0.762 bits per heavy atom. The summed E-state index contributed by atoms with van der Waals surface area (Å²) < 4.78 is 5.40. The van der Waals surface area contributed by atoms with Crippen molar-refractivity contribution in [3.05, 3.63) is 54.6 Å². The average molecular weight is 322 g/mol. The summed E-state index contributed by atoms with van der Waals surface area (Å²) in [5.41, 5.74) is 0. The predicted molar refractivity (Wildman–Crippen MR) is 103 cm³/mol. The van der Waals surface area contributed by atoms with Crippen LogP contribution in [0.2, 0.25) is 0 Å². The lowest BCUT2D eigenvalue weighted by Gasteiger charge is -2.16. The molecule has 2 aromatic carbocycles. The molecular formula is C18H28OP2. The molecule has 1 nitrogen and oxygen atoms in total. The van der Waals surface area contributed by atoms with Crippen molar-refractivity contribution >= 4 is 26.5 Å². The van der Waals surface area contributed by atoms with E-state index < -0.39 is 0 Å². The van der Waals surface area contributed by atoms with Gasteiger partial charge in [0.1, 0.15) is 5.75 Å². The summed E-state index contributed by atoms with van der Waals surface area (Å²) in [5, 5.41) is 2.67. The Balaban J connectivity index is 0.000000715. The van der Waals surface area contributed by atoms with Gasteiger partial charge >= 0.3 is 0 Å². The van der Waals surface area contributed by atoms with E-state index in [9.17, 15) is 0 Å². The molecule has 0 spiro atoms. The van der Waals surface area contributed by atoms with Crippen LogP contribution >= 0.6 is 15.8 Å². The normalized spacial score (nSPS) is 11.0. The molecular weight excluding hydrogens is 294 g/mol. The van der Waals surface area contributed by atoms with E-state index in [4.69, 9.17) is 4.74 Å². The van der Waals surface area contributed by atoms with Crippen LogP contribution in [0.5, 0.6) is 5.75 Å². The Morgan fingerprint density at radius 3 is 1.76 bits per heavy atom. The Morgan fingerprint density at radius 2 is 1.24 bits per heavy atom. The molecule has 0 N–H and O–H groups in total. The second-order valence-corrected chi connectivity index (χ2v) is 9.71. The van der Waals surface area contributed by atoms with Crippen LogP contribution in [-0.2, 0) is 0 Å². The van der Waals surface area contributed by atoms with E-state index in [2.05, 4.69) is 69.1 Å². The lowest BCUT2D eigenvalue weighted by atomic mass is 10.3. The zero-order valence-electron chi connectivity index (χ0n) is 13.0. The lowest BCUT2D eigenvalue weighted by Crippen LogP contribution is -2.12. The van der Waals surface area contributed by atoms with Gasteiger partial charge in [0.05, 0.1) is 7.11 Å². The van der Waals surface area contributed by atoms with Gasteiger partial charge in [-0.05, 0) is 46.0 Å². The Labute approximate surface area is 133 Å². The van der Waals surface area contributed by atoms with Gasteiger partial charge in [-0.25, -0.2) is 0 Å². The number of hydrogen-bond donors (Lipinski definition) is 0. The molecule has 2 aromatic rings. The third-order valence-electron chi connectivity index (χ3n) is 2.59. The summed E-state index contributed by atoms with van der Waals surface area (Å²) >= 11 is 0. The predicted octanol–water partition coefficient (Wildman–Crippen LogP) is 4.75. The fourth-order valence-electron chi connectivity index (χ4n) is 1.70. The minimum atomic E-state index is -0.322. The molecule has 0 aliphatic carbocycles. The number of ether oxygens (including phenoxy) is 1. The van der Waals surface area contributed by atoms with Crippen LogP contribution in [0.3, 0.4) is 0 Å². The number of hydrogen-bond acceptors (Lipinski definition) is 1. The highest BCUT2D eigenvalue weighted by atomic mass is 31.1. The second kappa shape index (κ2) is 10.8. The molecule has 0 aliphatic heterocycles. The SMILES string of the molecule is C.COc1ccccc1P(C)c1ccccc1.CP(C)C. The van der Waals surface area contributed by atoms with E-state index in [1.165, 1.54) is 10.6 Å². The third-order valence-corrected chi connectivity index (χ3v) is 4.75. The maximum Gasteiger partial charge on any atom is 0.126 e. The molecule has 2 rings (SSSR count). The zero-order chi connectivity index (χ0) is 15.0. The average Bonchev–Trinajstić information content (AvgIpc) is 2.47. The van der Waals surface area contributed by atoms with Gasteiger partial charge in [0, 0.05) is 5.30 Å². The van der Waals surface area contributed by atoms with Crippen molar-refractivity contribution in [2.45, 2.75) is 7.43 Å². The summed E-state index contributed by atoms with van der Waals surface area (Å²) in [7, 11) is 1.79. The molecule has 3 heteroatoms. The van der Waals surface area contributed by atoms with Crippen LogP contribution in [0.1, 0.15) is 7.43 Å². The highest BCUT2D eigenvalue weighted by molar-refractivity contribution is 7.72. The molecule has 0 radical (unpaired) electrons. The highest BCUT2D eigenvalue weighted by Gasteiger charge is 2.11. The largest absolute Gasteiger partial charge is 0.496 e. The van der Waals surface area contributed by atoms with Crippen molar-refractivity contribution in [3.8, 4) is 5.75 Å². The highest BCUT2D eigenvalue weighted by Crippen LogP contribution is 2.32. The standard InChI is InChI=1S/C14H15OP.C3H9P.CH4/c1-15-13-10-6-7-11-14(13)16(2)12-8-4-3-5-9-12;1-4(2)3;/h3-11H,1-2H3;1-3H3;1H4.